The van der Waals surface area contributed by atoms with Gasteiger partial charge in [-0.2, -0.15) is 0 Å². The van der Waals surface area contributed by atoms with Crippen LogP contribution in [0.2, 0.25) is 0 Å². The van der Waals surface area contributed by atoms with Gasteiger partial charge >= 0.3 is 0 Å². The number of hydrogen-bond donors (Lipinski definition) is 0. The second-order valence-corrected chi connectivity index (χ2v) is 5.53. The quantitative estimate of drug-likeness (QED) is 0.783. The molecule has 1 saturated carbocycles. The first-order chi connectivity index (χ1) is 7.50. The molecule has 1 heterocycles. The highest BCUT2D eigenvalue weighted by atomic mass is 16.1. The maximum absolute atomic E-state index is 12.2. The van der Waals surface area contributed by atoms with Crippen LogP contribution >= 0.6 is 0 Å². The van der Waals surface area contributed by atoms with Crippen molar-refractivity contribution in [1.29, 1.82) is 0 Å². The van der Waals surface area contributed by atoms with Crippen LogP contribution < -0.4 is 0 Å². The molecule has 0 spiro atoms. The molecule has 0 amide bonds. The monoisotopic (exact) mass is 220 g/mol. The Labute approximate surface area is 96.9 Å². The topological polar surface area (TPSA) is 34.9 Å². The highest BCUT2D eigenvalue weighted by molar-refractivity contribution is 5.83. The number of hydrogen-bond acceptors (Lipinski definition) is 2. The summed E-state index contributed by atoms with van der Waals surface area (Å²) in [4.78, 5) is 16.4. The second kappa shape index (κ2) is 4.04. The number of carbonyl (C=O) groups excluding carboxylic acids is 1. The second-order valence-electron chi connectivity index (χ2n) is 5.53. The maximum atomic E-state index is 12.2. The number of rotatable bonds is 3. The van der Waals surface area contributed by atoms with Gasteiger partial charge in [0.2, 0.25) is 0 Å². The van der Waals surface area contributed by atoms with Crippen LogP contribution in [0.1, 0.15) is 38.9 Å². The summed E-state index contributed by atoms with van der Waals surface area (Å²) in [6.45, 7) is 4.42. The minimum absolute atomic E-state index is 0.183. The van der Waals surface area contributed by atoms with Crippen molar-refractivity contribution in [1.82, 2.24) is 9.55 Å². The fourth-order valence-corrected chi connectivity index (χ4v) is 2.77. The fraction of sp³-hybridized carbons (Fsp3) is 0.692. The lowest BCUT2D eigenvalue weighted by molar-refractivity contribution is -0.124. The number of ketones is 1. The van der Waals surface area contributed by atoms with Crippen LogP contribution in [-0.2, 0) is 18.3 Å². The van der Waals surface area contributed by atoms with Crippen molar-refractivity contribution in [3.8, 4) is 0 Å². The van der Waals surface area contributed by atoms with Crippen LogP contribution in [0.25, 0.3) is 0 Å². The number of aryl methyl sites for hydroxylation is 1. The van der Waals surface area contributed by atoms with E-state index in [4.69, 9.17) is 0 Å². The van der Waals surface area contributed by atoms with Gasteiger partial charge < -0.3 is 4.57 Å². The van der Waals surface area contributed by atoms with Gasteiger partial charge in [-0.15, -0.1) is 0 Å². The van der Waals surface area contributed by atoms with Crippen LogP contribution in [0.3, 0.4) is 0 Å². The van der Waals surface area contributed by atoms with Gasteiger partial charge in [-0.1, -0.05) is 20.3 Å². The Morgan fingerprint density at radius 3 is 2.88 bits per heavy atom. The van der Waals surface area contributed by atoms with Crippen LogP contribution in [0.5, 0.6) is 0 Å². The minimum atomic E-state index is 0.183. The SMILES string of the molecule is Cn1ccnc1CC(=O)C1CCCC1(C)C. The van der Waals surface area contributed by atoms with Gasteiger partial charge in [0, 0.05) is 25.4 Å². The van der Waals surface area contributed by atoms with Crippen molar-refractivity contribution < 1.29 is 4.79 Å². The summed E-state index contributed by atoms with van der Waals surface area (Å²) < 4.78 is 1.93. The van der Waals surface area contributed by atoms with Crippen LogP contribution in [0.4, 0.5) is 0 Å². The summed E-state index contributed by atoms with van der Waals surface area (Å²) in [5, 5.41) is 0. The summed E-state index contributed by atoms with van der Waals surface area (Å²) in [5.41, 5.74) is 0.183. The summed E-state index contributed by atoms with van der Waals surface area (Å²) in [7, 11) is 1.94. The van der Waals surface area contributed by atoms with Crippen molar-refractivity contribution >= 4 is 5.78 Å². The molecule has 1 aliphatic rings. The smallest absolute Gasteiger partial charge is 0.144 e. The van der Waals surface area contributed by atoms with Crippen LogP contribution in [0.15, 0.2) is 12.4 Å². The number of Topliss-reactive ketones (excluding diaryl/α,β-unsaturated/α-hetero) is 1. The maximum Gasteiger partial charge on any atom is 0.144 e. The van der Waals surface area contributed by atoms with E-state index in [2.05, 4.69) is 18.8 Å². The molecule has 1 aliphatic carbocycles. The highest BCUT2D eigenvalue weighted by Gasteiger charge is 2.38. The lowest BCUT2D eigenvalue weighted by Gasteiger charge is -2.25. The summed E-state index contributed by atoms with van der Waals surface area (Å²) in [6.07, 6.45) is 7.53. The predicted molar refractivity (Wildman–Crippen MR) is 63.0 cm³/mol. The Morgan fingerprint density at radius 2 is 2.38 bits per heavy atom. The van der Waals surface area contributed by atoms with Crippen molar-refractivity contribution in [2.75, 3.05) is 0 Å². The van der Waals surface area contributed by atoms with E-state index in [1.165, 1.54) is 12.8 Å². The van der Waals surface area contributed by atoms with Gasteiger partial charge in [-0.25, -0.2) is 4.98 Å². The van der Waals surface area contributed by atoms with Crippen molar-refractivity contribution in [3.05, 3.63) is 18.2 Å². The Balaban J connectivity index is 2.07. The van der Waals surface area contributed by atoms with E-state index < -0.39 is 0 Å². The molecular formula is C13H20N2O. The molecule has 2 rings (SSSR count). The molecule has 3 nitrogen and oxygen atoms in total. The third-order valence-electron chi connectivity index (χ3n) is 3.90. The largest absolute Gasteiger partial charge is 0.338 e. The van der Waals surface area contributed by atoms with Gasteiger partial charge in [0.05, 0.1) is 6.42 Å². The molecule has 1 aromatic heterocycles. The summed E-state index contributed by atoms with van der Waals surface area (Å²) >= 11 is 0. The number of carbonyl (C=O) groups is 1. The van der Waals surface area contributed by atoms with Gasteiger partial charge in [0.15, 0.2) is 0 Å². The molecule has 0 bridgehead atoms. The lowest BCUT2D eigenvalue weighted by Crippen LogP contribution is -2.27. The van der Waals surface area contributed by atoms with Gasteiger partial charge in [-0.05, 0) is 18.3 Å². The number of nitrogens with zero attached hydrogens (tertiary/aromatic N) is 2. The molecule has 0 aromatic carbocycles. The van der Waals surface area contributed by atoms with Crippen LogP contribution in [0, 0.1) is 11.3 Å². The van der Waals surface area contributed by atoms with E-state index in [0.717, 1.165) is 12.2 Å². The molecule has 0 N–H and O–H groups in total. The van der Waals surface area contributed by atoms with E-state index in [-0.39, 0.29) is 11.3 Å². The zero-order chi connectivity index (χ0) is 11.8. The standard InChI is InChI=1S/C13H20N2O/c1-13(2)6-4-5-10(13)11(16)9-12-14-7-8-15(12)3/h7-8,10H,4-6,9H2,1-3H3. The third-order valence-corrected chi connectivity index (χ3v) is 3.90. The molecule has 0 aliphatic heterocycles. The summed E-state index contributed by atoms with van der Waals surface area (Å²) in [5.74, 6) is 1.47. The third kappa shape index (κ3) is 2.04. The molecule has 1 fully saturated rings. The lowest BCUT2D eigenvalue weighted by atomic mass is 9.78. The Bertz CT molecular complexity index is 392. The first kappa shape index (κ1) is 11.4. The van der Waals surface area contributed by atoms with E-state index in [9.17, 15) is 4.79 Å². The van der Waals surface area contributed by atoms with Gasteiger partial charge in [0.25, 0.3) is 0 Å². The Hall–Kier alpha value is -1.12. The first-order valence-electron chi connectivity index (χ1n) is 5.99. The van der Waals surface area contributed by atoms with Crippen LogP contribution in [-0.4, -0.2) is 15.3 Å². The molecular weight excluding hydrogens is 200 g/mol. The minimum Gasteiger partial charge on any atom is -0.338 e. The Kier molecular flexibility index (Phi) is 2.87. The zero-order valence-electron chi connectivity index (χ0n) is 10.4. The number of imidazole rings is 1. The molecule has 1 atom stereocenters. The highest BCUT2D eigenvalue weighted by Crippen LogP contribution is 2.43. The van der Waals surface area contributed by atoms with Crippen molar-refractivity contribution in [2.24, 2.45) is 18.4 Å². The van der Waals surface area contributed by atoms with E-state index >= 15 is 0 Å². The average Bonchev–Trinajstić information content (AvgIpc) is 2.73. The fourth-order valence-electron chi connectivity index (χ4n) is 2.77. The average molecular weight is 220 g/mol. The van der Waals surface area contributed by atoms with Crippen molar-refractivity contribution in [3.63, 3.8) is 0 Å². The molecule has 1 unspecified atom stereocenters. The number of aromatic nitrogens is 2. The zero-order valence-corrected chi connectivity index (χ0v) is 10.4. The van der Waals surface area contributed by atoms with Gasteiger partial charge in [0.1, 0.15) is 11.6 Å². The van der Waals surface area contributed by atoms with E-state index in [1.54, 1.807) is 6.20 Å². The predicted octanol–water partition coefficient (Wildman–Crippen LogP) is 2.36. The van der Waals surface area contributed by atoms with E-state index in [1.807, 2.05) is 17.8 Å². The van der Waals surface area contributed by atoms with Crippen molar-refractivity contribution in [2.45, 2.75) is 39.5 Å². The molecule has 3 heteroatoms. The molecule has 88 valence electrons. The molecule has 0 radical (unpaired) electrons. The van der Waals surface area contributed by atoms with E-state index in [0.29, 0.717) is 12.2 Å². The molecule has 1 aromatic rings. The normalized spacial score (nSPS) is 23.6. The molecule has 16 heavy (non-hydrogen) atoms. The Morgan fingerprint density at radius 1 is 1.62 bits per heavy atom. The first-order valence-corrected chi connectivity index (χ1v) is 5.99. The summed E-state index contributed by atoms with van der Waals surface area (Å²) in [6, 6.07) is 0. The molecule has 0 saturated heterocycles. The van der Waals surface area contributed by atoms with Gasteiger partial charge in [-0.3, -0.25) is 4.79 Å².